The standard InChI is InChI=1S/C24H32N2O2S/c25-24(29)26-21-10-7-11-23(18-21)28-17-6-2-5-16-27-22-14-12-20(13-15-22)19-8-3-1-4-9-19/h7,10-15,18-19H,1-6,8-9,16-17H2,(H3,25,26,29). The Morgan fingerprint density at radius 2 is 1.59 bits per heavy atom. The number of anilines is 1. The fraction of sp³-hybridized carbons (Fsp3) is 0.458. The number of rotatable bonds is 10. The van der Waals surface area contributed by atoms with Gasteiger partial charge in [-0.1, -0.05) is 37.5 Å². The van der Waals surface area contributed by atoms with Crippen molar-refractivity contribution in [2.45, 2.75) is 57.3 Å². The largest absolute Gasteiger partial charge is 0.494 e. The minimum atomic E-state index is 0.255. The van der Waals surface area contributed by atoms with E-state index in [-0.39, 0.29) is 5.11 Å². The van der Waals surface area contributed by atoms with Gasteiger partial charge in [0, 0.05) is 11.8 Å². The lowest BCUT2D eigenvalue weighted by atomic mass is 9.84. The molecule has 3 N–H and O–H groups in total. The number of hydrogen-bond donors (Lipinski definition) is 2. The first-order valence-corrected chi connectivity index (χ1v) is 11.1. The molecule has 5 heteroatoms. The zero-order valence-corrected chi connectivity index (χ0v) is 17.9. The second kappa shape index (κ2) is 11.7. The number of benzene rings is 2. The highest BCUT2D eigenvalue weighted by Crippen LogP contribution is 2.33. The average molecular weight is 413 g/mol. The van der Waals surface area contributed by atoms with Gasteiger partial charge in [-0.2, -0.15) is 0 Å². The number of hydrogen-bond acceptors (Lipinski definition) is 3. The molecule has 4 nitrogen and oxygen atoms in total. The molecule has 0 bridgehead atoms. The van der Waals surface area contributed by atoms with Gasteiger partial charge in [-0.3, -0.25) is 0 Å². The summed E-state index contributed by atoms with van der Waals surface area (Å²) < 4.78 is 11.7. The summed E-state index contributed by atoms with van der Waals surface area (Å²) in [6, 6.07) is 16.4. The average Bonchev–Trinajstić information content (AvgIpc) is 2.74. The van der Waals surface area contributed by atoms with E-state index in [2.05, 4.69) is 29.6 Å². The molecular formula is C24H32N2O2S. The van der Waals surface area contributed by atoms with Crippen LogP contribution in [-0.4, -0.2) is 18.3 Å². The van der Waals surface area contributed by atoms with Crippen molar-refractivity contribution in [3.8, 4) is 11.5 Å². The summed E-state index contributed by atoms with van der Waals surface area (Å²) in [6.45, 7) is 1.43. The highest BCUT2D eigenvalue weighted by atomic mass is 32.1. The summed E-state index contributed by atoms with van der Waals surface area (Å²) in [7, 11) is 0. The minimum absolute atomic E-state index is 0.255. The monoisotopic (exact) mass is 412 g/mol. The van der Waals surface area contributed by atoms with E-state index in [1.54, 1.807) is 0 Å². The smallest absolute Gasteiger partial charge is 0.168 e. The molecule has 156 valence electrons. The van der Waals surface area contributed by atoms with Crippen LogP contribution >= 0.6 is 12.2 Å². The third-order valence-corrected chi connectivity index (χ3v) is 5.49. The second-order valence-electron chi connectivity index (χ2n) is 7.68. The van der Waals surface area contributed by atoms with Crippen LogP contribution in [0.25, 0.3) is 0 Å². The Kier molecular flexibility index (Phi) is 8.62. The first-order chi connectivity index (χ1) is 14.2. The third-order valence-electron chi connectivity index (χ3n) is 5.38. The van der Waals surface area contributed by atoms with Crippen molar-refractivity contribution < 1.29 is 9.47 Å². The predicted octanol–water partition coefficient (Wildman–Crippen LogP) is 6.02. The molecule has 0 spiro atoms. The molecule has 0 unspecified atom stereocenters. The van der Waals surface area contributed by atoms with Crippen LogP contribution in [0.3, 0.4) is 0 Å². The van der Waals surface area contributed by atoms with Gasteiger partial charge in [0.05, 0.1) is 13.2 Å². The molecule has 1 aliphatic rings. The van der Waals surface area contributed by atoms with Gasteiger partial charge in [0.15, 0.2) is 5.11 Å². The van der Waals surface area contributed by atoms with Gasteiger partial charge >= 0.3 is 0 Å². The van der Waals surface area contributed by atoms with Crippen LogP contribution in [0.5, 0.6) is 11.5 Å². The maximum absolute atomic E-state index is 5.89. The lowest BCUT2D eigenvalue weighted by Gasteiger charge is -2.22. The quantitative estimate of drug-likeness (QED) is 0.369. The molecule has 0 heterocycles. The number of nitrogens with one attached hydrogen (secondary N) is 1. The van der Waals surface area contributed by atoms with Crippen molar-refractivity contribution in [2.75, 3.05) is 18.5 Å². The number of unbranched alkanes of at least 4 members (excludes halogenated alkanes) is 2. The van der Waals surface area contributed by atoms with Gasteiger partial charge in [-0.15, -0.1) is 0 Å². The minimum Gasteiger partial charge on any atom is -0.494 e. The molecule has 2 aromatic carbocycles. The highest BCUT2D eigenvalue weighted by molar-refractivity contribution is 7.80. The topological polar surface area (TPSA) is 56.5 Å². The predicted molar refractivity (Wildman–Crippen MR) is 124 cm³/mol. The molecule has 0 amide bonds. The van der Waals surface area contributed by atoms with Gasteiger partial charge < -0.3 is 20.5 Å². The van der Waals surface area contributed by atoms with Crippen molar-refractivity contribution in [3.63, 3.8) is 0 Å². The first kappa shape index (κ1) is 21.4. The molecular weight excluding hydrogens is 380 g/mol. The van der Waals surface area contributed by atoms with Crippen LogP contribution < -0.4 is 20.5 Å². The lowest BCUT2D eigenvalue weighted by Crippen LogP contribution is -2.18. The second-order valence-corrected chi connectivity index (χ2v) is 8.12. The fourth-order valence-electron chi connectivity index (χ4n) is 3.84. The van der Waals surface area contributed by atoms with E-state index in [0.717, 1.165) is 49.0 Å². The summed E-state index contributed by atoms with van der Waals surface area (Å²) in [5, 5.41) is 3.17. The van der Waals surface area contributed by atoms with Crippen molar-refractivity contribution >= 4 is 23.0 Å². The van der Waals surface area contributed by atoms with Gasteiger partial charge in [0.2, 0.25) is 0 Å². The van der Waals surface area contributed by atoms with Crippen molar-refractivity contribution in [3.05, 3.63) is 54.1 Å². The van der Waals surface area contributed by atoms with Crippen LogP contribution in [0.1, 0.15) is 62.8 Å². The SMILES string of the molecule is NC(=S)Nc1cccc(OCCCCCOc2ccc(C3CCCCC3)cc2)c1. The Morgan fingerprint density at radius 3 is 2.28 bits per heavy atom. The summed E-state index contributed by atoms with van der Waals surface area (Å²) in [5.74, 6) is 2.55. The normalized spacial score (nSPS) is 14.3. The summed E-state index contributed by atoms with van der Waals surface area (Å²) in [4.78, 5) is 0. The van der Waals surface area contributed by atoms with E-state index in [1.807, 2.05) is 24.3 Å². The molecule has 3 rings (SSSR count). The third kappa shape index (κ3) is 7.58. The molecule has 1 fully saturated rings. The zero-order valence-electron chi connectivity index (χ0n) is 17.1. The van der Waals surface area contributed by atoms with Crippen LogP contribution in [0, 0.1) is 0 Å². The van der Waals surface area contributed by atoms with E-state index in [0.29, 0.717) is 6.61 Å². The van der Waals surface area contributed by atoms with Crippen LogP contribution in [0.2, 0.25) is 0 Å². The van der Waals surface area contributed by atoms with Gasteiger partial charge in [-0.25, -0.2) is 0 Å². The van der Waals surface area contributed by atoms with Crippen molar-refractivity contribution in [1.29, 1.82) is 0 Å². The number of ether oxygens (including phenoxy) is 2. The summed E-state index contributed by atoms with van der Waals surface area (Å²) in [5.41, 5.74) is 7.81. The number of thiocarbonyl (C=S) groups is 1. The molecule has 29 heavy (non-hydrogen) atoms. The van der Waals surface area contributed by atoms with Crippen molar-refractivity contribution in [1.82, 2.24) is 0 Å². The Balaban J connectivity index is 1.28. The van der Waals surface area contributed by atoms with Gasteiger partial charge in [-0.05, 0) is 80.1 Å². The van der Waals surface area contributed by atoms with E-state index in [1.165, 1.54) is 37.7 Å². The molecule has 0 radical (unpaired) electrons. The van der Waals surface area contributed by atoms with Gasteiger partial charge in [0.1, 0.15) is 11.5 Å². The van der Waals surface area contributed by atoms with Gasteiger partial charge in [0.25, 0.3) is 0 Å². The van der Waals surface area contributed by atoms with Crippen LogP contribution in [0.4, 0.5) is 5.69 Å². The van der Waals surface area contributed by atoms with E-state index >= 15 is 0 Å². The molecule has 0 aliphatic heterocycles. The Hall–Kier alpha value is -2.27. The Labute approximate surface area is 179 Å². The van der Waals surface area contributed by atoms with Crippen LogP contribution in [-0.2, 0) is 0 Å². The molecule has 0 aromatic heterocycles. The van der Waals surface area contributed by atoms with E-state index in [9.17, 15) is 0 Å². The van der Waals surface area contributed by atoms with E-state index in [4.69, 9.17) is 27.4 Å². The first-order valence-electron chi connectivity index (χ1n) is 10.7. The Bertz CT molecular complexity index is 758. The lowest BCUT2D eigenvalue weighted by molar-refractivity contribution is 0.279. The Morgan fingerprint density at radius 1 is 0.897 bits per heavy atom. The van der Waals surface area contributed by atoms with Crippen LogP contribution in [0.15, 0.2) is 48.5 Å². The van der Waals surface area contributed by atoms with E-state index < -0.39 is 0 Å². The molecule has 1 saturated carbocycles. The highest BCUT2D eigenvalue weighted by Gasteiger charge is 2.15. The van der Waals surface area contributed by atoms with Crippen molar-refractivity contribution in [2.24, 2.45) is 5.73 Å². The maximum Gasteiger partial charge on any atom is 0.168 e. The summed E-state index contributed by atoms with van der Waals surface area (Å²) in [6.07, 6.45) is 9.91. The molecule has 1 aliphatic carbocycles. The summed E-state index contributed by atoms with van der Waals surface area (Å²) >= 11 is 4.85. The fourth-order valence-corrected chi connectivity index (χ4v) is 3.96. The number of nitrogens with two attached hydrogens (primary N) is 1. The maximum atomic E-state index is 5.89. The molecule has 0 saturated heterocycles. The zero-order chi connectivity index (χ0) is 20.3. The molecule has 0 atom stereocenters. The molecule has 2 aromatic rings.